The molecule has 15 nitrogen and oxygen atoms in total. The van der Waals surface area contributed by atoms with Crippen LogP contribution in [0.2, 0.25) is 0 Å². The number of amides is 3. The maximum atomic E-state index is 13.6. The van der Waals surface area contributed by atoms with Gasteiger partial charge < -0.3 is 39.6 Å². The van der Waals surface area contributed by atoms with Gasteiger partial charge in [0.2, 0.25) is 11.8 Å². The highest BCUT2D eigenvalue weighted by molar-refractivity contribution is 7.81. The Morgan fingerprint density at radius 2 is 1.59 bits per heavy atom. The third-order valence-corrected chi connectivity index (χ3v) is 13.1. The second-order valence-electron chi connectivity index (χ2n) is 17.3. The molecule has 66 heavy (non-hydrogen) atoms. The maximum absolute atomic E-state index is 13.6. The molecular weight excluding hydrogens is 881 g/mol. The van der Waals surface area contributed by atoms with Crippen LogP contribution in [-0.4, -0.2) is 96.0 Å². The SMILES string of the molecule is [C-]#[N+]c1ccc(N2C(=O)C(C)(C)N(c3ccc(OCCOCCOCCOc4cc(-c5scnc5C)ccc4CNC(=O)[C@@H]4C[C@@H](O)CC4C(=O)[C@@H](NC(C)=O)C(C)C)cc3)C2=S)cc1C. The first kappa shape index (κ1) is 49.7. The molecule has 4 atom stereocenters. The second kappa shape index (κ2) is 22.1. The minimum absolute atomic E-state index is 0.135. The van der Waals surface area contributed by atoms with Crippen LogP contribution in [0.4, 0.5) is 17.1 Å². The molecule has 0 radical (unpaired) electrons. The number of aromatic nitrogens is 1. The zero-order valence-corrected chi connectivity index (χ0v) is 40.1. The fraction of sp³-hybridized carbons (Fsp3) is 0.449. The molecule has 1 aliphatic heterocycles. The van der Waals surface area contributed by atoms with E-state index >= 15 is 0 Å². The molecule has 350 valence electrons. The van der Waals surface area contributed by atoms with Gasteiger partial charge >= 0.3 is 0 Å². The third kappa shape index (κ3) is 11.6. The summed E-state index contributed by atoms with van der Waals surface area (Å²) in [5, 5.41) is 16.6. The van der Waals surface area contributed by atoms with Crippen LogP contribution in [0, 0.1) is 38.2 Å². The van der Waals surface area contributed by atoms with Crippen molar-refractivity contribution in [3.63, 3.8) is 0 Å². The van der Waals surface area contributed by atoms with Gasteiger partial charge in [-0.05, 0) is 112 Å². The van der Waals surface area contributed by atoms with Crippen molar-refractivity contribution < 1.29 is 43.2 Å². The molecule has 0 bridgehead atoms. The number of hydrogen-bond donors (Lipinski definition) is 3. The van der Waals surface area contributed by atoms with Gasteiger partial charge in [-0.3, -0.25) is 24.1 Å². The monoisotopic (exact) mass is 938 g/mol. The normalized spacial score (nSPS) is 18.3. The van der Waals surface area contributed by atoms with Gasteiger partial charge in [-0.25, -0.2) is 9.83 Å². The van der Waals surface area contributed by atoms with Gasteiger partial charge in [0, 0.05) is 36.3 Å². The molecule has 2 fully saturated rings. The van der Waals surface area contributed by atoms with E-state index < -0.39 is 29.5 Å². The highest BCUT2D eigenvalue weighted by atomic mass is 32.1. The number of benzene rings is 3. The first-order valence-corrected chi connectivity index (χ1v) is 23.3. The Labute approximate surface area is 395 Å². The van der Waals surface area contributed by atoms with Gasteiger partial charge in [0.1, 0.15) is 30.3 Å². The predicted molar refractivity (Wildman–Crippen MR) is 257 cm³/mol. The number of aliphatic hydroxyl groups is 1. The molecule has 0 spiro atoms. The van der Waals surface area contributed by atoms with Crippen molar-refractivity contribution in [1.82, 2.24) is 15.6 Å². The largest absolute Gasteiger partial charge is 0.491 e. The maximum Gasteiger partial charge on any atom is 0.259 e. The average molecular weight is 939 g/mol. The van der Waals surface area contributed by atoms with Crippen LogP contribution in [0.25, 0.3) is 15.3 Å². The molecule has 4 aromatic rings. The summed E-state index contributed by atoms with van der Waals surface area (Å²) in [6.45, 7) is 21.8. The number of aryl methyl sites for hydroxylation is 2. The number of aliphatic hydroxyl groups excluding tert-OH is 1. The summed E-state index contributed by atoms with van der Waals surface area (Å²) in [6, 6.07) is 17.6. The van der Waals surface area contributed by atoms with Crippen LogP contribution in [-0.2, 0) is 35.2 Å². The van der Waals surface area contributed by atoms with Crippen molar-refractivity contribution in [2.45, 2.75) is 85.5 Å². The molecular formula is C49H58N6O9S2. The topological polar surface area (TPSA) is 173 Å². The molecule has 6 rings (SSSR count). The number of thiocarbonyl (C=S) groups is 1. The number of ketones is 1. The summed E-state index contributed by atoms with van der Waals surface area (Å²) in [7, 11) is 0. The van der Waals surface area contributed by atoms with E-state index in [0.29, 0.717) is 54.4 Å². The molecule has 1 saturated heterocycles. The molecule has 3 aromatic carbocycles. The smallest absolute Gasteiger partial charge is 0.259 e. The number of hydrogen-bond acceptors (Lipinski definition) is 12. The lowest BCUT2D eigenvalue weighted by atomic mass is 9.84. The van der Waals surface area contributed by atoms with Crippen LogP contribution in [0.5, 0.6) is 11.5 Å². The van der Waals surface area contributed by atoms with Crippen LogP contribution < -0.4 is 29.9 Å². The molecule has 17 heteroatoms. The summed E-state index contributed by atoms with van der Waals surface area (Å²) in [5.74, 6) is -1.50. The van der Waals surface area contributed by atoms with Gasteiger partial charge in [0.15, 0.2) is 16.6 Å². The minimum Gasteiger partial charge on any atom is -0.491 e. The fourth-order valence-electron chi connectivity index (χ4n) is 8.30. The number of nitrogens with one attached hydrogen (secondary N) is 2. The van der Waals surface area contributed by atoms with E-state index in [1.54, 1.807) is 23.7 Å². The number of carbonyl (C=O) groups excluding carboxylic acids is 4. The summed E-state index contributed by atoms with van der Waals surface area (Å²) < 4.78 is 23.6. The quantitative estimate of drug-likeness (QED) is 0.0440. The number of rotatable bonds is 21. The Kier molecular flexibility index (Phi) is 16.7. The molecule has 2 aliphatic rings. The molecule has 3 N–H and O–H groups in total. The van der Waals surface area contributed by atoms with Crippen molar-refractivity contribution in [3.05, 3.63) is 94.4 Å². The van der Waals surface area contributed by atoms with Crippen LogP contribution in [0.3, 0.4) is 0 Å². The van der Waals surface area contributed by atoms with Crippen molar-refractivity contribution in [2.75, 3.05) is 49.4 Å². The van der Waals surface area contributed by atoms with Crippen LogP contribution >= 0.6 is 23.6 Å². The van der Waals surface area contributed by atoms with Gasteiger partial charge in [0.05, 0.1) is 67.1 Å². The lowest BCUT2D eigenvalue weighted by Crippen LogP contribution is -2.48. The molecule has 3 amide bonds. The Bertz CT molecular complexity index is 2450. The van der Waals surface area contributed by atoms with E-state index in [0.717, 1.165) is 32.9 Å². The summed E-state index contributed by atoms with van der Waals surface area (Å²) >= 11 is 7.34. The van der Waals surface area contributed by atoms with Crippen molar-refractivity contribution in [1.29, 1.82) is 0 Å². The molecule has 2 heterocycles. The fourth-order valence-corrected chi connectivity index (χ4v) is 9.63. The number of Topliss-reactive ketones (excluding diaryl/α,β-unsaturated/α-hetero) is 1. The minimum atomic E-state index is -0.936. The zero-order chi connectivity index (χ0) is 47.7. The van der Waals surface area contributed by atoms with E-state index in [2.05, 4.69) is 20.5 Å². The highest BCUT2D eigenvalue weighted by Crippen LogP contribution is 2.39. The first-order chi connectivity index (χ1) is 31.5. The number of thiazole rings is 1. The molecule has 1 saturated carbocycles. The van der Waals surface area contributed by atoms with E-state index in [1.807, 2.05) is 88.9 Å². The first-order valence-electron chi connectivity index (χ1n) is 22.0. The molecule has 1 unspecified atom stereocenters. The molecule has 1 aliphatic carbocycles. The average Bonchev–Trinajstić information content (AvgIpc) is 3.95. The molecule has 1 aromatic heterocycles. The van der Waals surface area contributed by atoms with Crippen LogP contribution in [0.15, 0.2) is 66.2 Å². The van der Waals surface area contributed by atoms with Gasteiger partial charge in [0.25, 0.3) is 5.91 Å². The van der Waals surface area contributed by atoms with Crippen LogP contribution in [0.1, 0.15) is 64.3 Å². The van der Waals surface area contributed by atoms with Crippen molar-refractivity contribution >= 4 is 69.2 Å². The number of carbonyl (C=O) groups is 4. The Balaban J connectivity index is 0.948. The van der Waals surface area contributed by atoms with Gasteiger partial charge in [-0.15, -0.1) is 11.3 Å². The lowest BCUT2D eigenvalue weighted by molar-refractivity contribution is -0.135. The summed E-state index contributed by atoms with van der Waals surface area (Å²) in [6.07, 6.45) is -0.479. The number of nitrogens with zero attached hydrogens (tertiary/aromatic N) is 4. The summed E-state index contributed by atoms with van der Waals surface area (Å²) in [5.41, 5.74) is 6.06. The zero-order valence-electron chi connectivity index (χ0n) is 38.4. The Morgan fingerprint density at radius 3 is 2.21 bits per heavy atom. The Morgan fingerprint density at radius 1 is 0.939 bits per heavy atom. The lowest BCUT2D eigenvalue weighted by Gasteiger charge is -2.29. The Hall–Kier alpha value is -5.77. The van der Waals surface area contributed by atoms with E-state index in [-0.39, 0.29) is 62.0 Å². The van der Waals surface area contributed by atoms with Gasteiger partial charge in [-0.1, -0.05) is 32.0 Å². The third-order valence-electron chi connectivity index (χ3n) is 11.8. The van der Waals surface area contributed by atoms with E-state index in [1.165, 1.54) is 23.2 Å². The van der Waals surface area contributed by atoms with E-state index in [9.17, 15) is 24.3 Å². The number of ether oxygens (including phenoxy) is 4. The van der Waals surface area contributed by atoms with Crippen molar-refractivity contribution in [2.24, 2.45) is 17.8 Å². The van der Waals surface area contributed by atoms with E-state index in [4.69, 9.17) is 37.7 Å². The highest BCUT2D eigenvalue weighted by Gasteiger charge is 2.50. The number of anilines is 2. The standard InChI is InChI=1S/C49H58N6O9S2/c1-29(2)43(53-32(5)56)44(58)39-25-37(57)26-40(39)46(59)51-27-34-10-9-33(45-31(4)52-28-66-45)24-42(34)64-22-20-62-18-17-61-19-21-63-38-14-11-35(12-15-38)55-48(65)54(47(60)49(55,6)7)36-13-16-41(50-8)30(3)23-36/h9-16,23-24,28-29,37,39-40,43,57H,17-22,25-27H2,1-7H3,(H,51,59)(H,53,56)/t37-,39?,40+,43-/m0/s1. The van der Waals surface area contributed by atoms with Gasteiger partial charge in [-0.2, -0.15) is 0 Å². The summed E-state index contributed by atoms with van der Waals surface area (Å²) in [4.78, 5) is 64.8. The van der Waals surface area contributed by atoms with Crippen molar-refractivity contribution in [3.8, 4) is 21.9 Å². The second-order valence-corrected chi connectivity index (χ2v) is 18.5. The predicted octanol–water partition coefficient (Wildman–Crippen LogP) is 7.12.